The Kier molecular flexibility index (Phi) is 5.00. The number of hydrogen-bond donors (Lipinski definition) is 0. The lowest BCUT2D eigenvalue weighted by molar-refractivity contribution is 0.677. The molecule has 0 atom stereocenters. The van der Waals surface area contributed by atoms with Gasteiger partial charge in [0.2, 0.25) is 0 Å². The molecular weight excluding hydrogens is 554 g/mol. The maximum absolute atomic E-state index is 10.1. The van der Waals surface area contributed by atoms with Gasteiger partial charge in [-0.1, -0.05) is 54.6 Å². The molecule has 9 rings (SSSR count). The van der Waals surface area contributed by atoms with E-state index >= 15 is 0 Å². The van der Waals surface area contributed by atoms with Crippen molar-refractivity contribution >= 4 is 71.2 Å². The van der Waals surface area contributed by atoms with Crippen LogP contribution in [0.25, 0.3) is 81.8 Å². The summed E-state index contributed by atoms with van der Waals surface area (Å²) >= 11 is 0. The van der Waals surface area contributed by atoms with Gasteiger partial charge in [-0.2, -0.15) is 10.5 Å². The summed E-state index contributed by atoms with van der Waals surface area (Å²) in [7, 11) is 0. The number of fused-ring (bicyclic) bond motifs is 11. The summed E-state index contributed by atoms with van der Waals surface area (Å²) in [5, 5.41) is 26.3. The van der Waals surface area contributed by atoms with Crippen LogP contribution in [0.3, 0.4) is 0 Å². The fraction of sp³-hybridized carbons (Fsp3) is 0. The van der Waals surface area contributed by atoms with Crippen molar-refractivity contribution in [2.45, 2.75) is 0 Å². The molecule has 0 unspecified atom stereocenters. The number of para-hydroxylation sites is 3. The topological polar surface area (TPSA) is 74.9 Å². The van der Waals surface area contributed by atoms with Crippen molar-refractivity contribution in [1.29, 1.82) is 10.5 Å². The fourth-order valence-corrected chi connectivity index (χ4v) is 6.99. The van der Waals surface area contributed by atoms with E-state index in [0.29, 0.717) is 5.69 Å². The first-order valence-corrected chi connectivity index (χ1v) is 14.4. The van der Waals surface area contributed by atoms with Crippen LogP contribution in [0.2, 0.25) is 0 Å². The van der Waals surface area contributed by atoms with Gasteiger partial charge in [0.15, 0.2) is 5.69 Å². The molecule has 0 amide bonds. The quantitative estimate of drug-likeness (QED) is 0.193. The number of furan rings is 1. The van der Waals surface area contributed by atoms with Crippen molar-refractivity contribution in [2.24, 2.45) is 0 Å². The molecule has 0 aliphatic carbocycles. The molecule has 9 aromatic rings. The second kappa shape index (κ2) is 9.09. The van der Waals surface area contributed by atoms with Gasteiger partial charge in [0.25, 0.3) is 0 Å². The minimum Gasteiger partial charge on any atom is -0.455 e. The zero-order valence-electron chi connectivity index (χ0n) is 23.6. The second-order valence-corrected chi connectivity index (χ2v) is 11.0. The maximum Gasteiger partial charge on any atom is 0.190 e. The van der Waals surface area contributed by atoms with Crippen LogP contribution in [-0.4, -0.2) is 9.13 Å². The first-order valence-electron chi connectivity index (χ1n) is 14.4. The van der Waals surface area contributed by atoms with Crippen molar-refractivity contribution in [3.05, 3.63) is 138 Å². The second-order valence-electron chi connectivity index (χ2n) is 11.0. The van der Waals surface area contributed by atoms with Crippen LogP contribution in [0.1, 0.15) is 11.1 Å². The lowest BCUT2D eigenvalue weighted by Gasteiger charge is -2.12. The van der Waals surface area contributed by atoms with Crippen LogP contribution < -0.4 is 0 Å². The smallest absolute Gasteiger partial charge is 0.190 e. The van der Waals surface area contributed by atoms with Gasteiger partial charge in [-0.15, -0.1) is 0 Å². The Balaban J connectivity index is 1.45. The zero-order valence-corrected chi connectivity index (χ0v) is 23.6. The van der Waals surface area contributed by atoms with E-state index < -0.39 is 0 Å². The van der Waals surface area contributed by atoms with Gasteiger partial charge in [-0.05, 0) is 60.7 Å². The largest absolute Gasteiger partial charge is 0.455 e. The third-order valence-electron chi connectivity index (χ3n) is 8.78. The number of rotatable bonds is 2. The lowest BCUT2D eigenvalue weighted by Crippen LogP contribution is -2.01. The van der Waals surface area contributed by atoms with E-state index in [1.165, 1.54) is 0 Å². The van der Waals surface area contributed by atoms with Gasteiger partial charge in [0, 0.05) is 27.2 Å². The molecule has 206 valence electrons. The molecule has 6 heteroatoms. The molecule has 0 fully saturated rings. The van der Waals surface area contributed by atoms with Crippen LogP contribution in [0.5, 0.6) is 0 Å². The summed E-state index contributed by atoms with van der Waals surface area (Å²) in [5.74, 6) is 0. The molecule has 0 aliphatic heterocycles. The van der Waals surface area contributed by atoms with Crippen LogP contribution in [0.4, 0.5) is 5.69 Å². The van der Waals surface area contributed by atoms with Crippen molar-refractivity contribution < 1.29 is 4.42 Å². The molecule has 0 radical (unpaired) electrons. The van der Waals surface area contributed by atoms with E-state index in [1.54, 1.807) is 12.1 Å². The highest BCUT2D eigenvalue weighted by Gasteiger charge is 2.24. The number of nitriles is 2. The van der Waals surface area contributed by atoms with Crippen molar-refractivity contribution in [3.8, 4) is 23.5 Å². The van der Waals surface area contributed by atoms with Crippen molar-refractivity contribution in [2.75, 3.05) is 0 Å². The Bertz CT molecular complexity index is 2810. The van der Waals surface area contributed by atoms with Crippen LogP contribution in [-0.2, 0) is 0 Å². The number of benzene rings is 6. The van der Waals surface area contributed by atoms with E-state index in [4.69, 9.17) is 11.0 Å². The molecule has 0 saturated carbocycles. The van der Waals surface area contributed by atoms with Gasteiger partial charge in [-0.3, -0.25) is 0 Å². The molecule has 0 bridgehead atoms. The Hall–Kier alpha value is -6.81. The highest BCUT2D eigenvalue weighted by Crippen LogP contribution is 2.45. The summed E-state index contributed by atoms with van der Waals surface area (Å²) in [6, 6.07) is 42.7. The number of aromatic nitrogens is 2. The van der Waals surface area contributed by atoms with Crippen molar-refractivity contribution in [1.82, 2.24) is 9.13 Å². The van der Waals surface area contributed by atoms with E-state index in [9.17, 15) is 10.5 Å². The molecule has 0 aliphatic rings. The van der Waals surface area contributed by atoms with Gasteiger partial charge < -0.3 is 13.6 Å². The van der Waals surface area contributed by atoms with Gasteiger partial charge in [-0.25, -0.2) is 4.85 Å². The van der Waals surface area contributed by atoms with E-state index in [1.807, 2.05) is 53.1 Å². The SMILES string of the molecule is [C-]#[N+]c1cc(C#N)c(-n2c3ccccc3c3c4oc5c(ccc6c5c5ccccc5n6-c5ccccc5)c4ccc32)c(C#N)c1. The Morgan fingerprint density at radius 2 is 1.07 bits per heavy atom. The first-order chi connectivity index (χ1) is 22.2. The fourth-order valence-electron chi connectivity index (χ4n) is 6.99. The van der Waals surface area contributed by atoms with Gasteiger partial charge in [0.05, 0.1) is 56.2 Å². The van der Waals surface area contributed by atoms with Crippen LogP contribution in [0.15, 0.2) is 120 Å². The molecule has 0 saturated heterocycles. The molecule has 3 heterocycles. The summed E-state index contributed by atoms with van der Waals surface area (Å²) in [4.78, 5) is 3.49. The van der Waals surface area contributed by atoms with Crippen LogP contribution in [0, 0.1) is 29.2 Å². The molecule has 3 aromatic heterocycles. The summed E-state index contributed by atoms with van der Waals surface area (Å²) in [6.07, 6.45) is 0. The Morgan fingerprint density at radius 3 is 1.62 bits per heavy atom. The third-order valence-corrected chi connectivity index (χ3v) is 8.78. The zero-order chi connectivity index (χ0) is 30.2. The number of nitrogens with zero attached hydrogens (tertiary/aromatic N) is 5. The molecule has 6 nitrogen and oxygen atoms in total. The summed E-state index contributed by atoms with van der Waals surface area (Å²) in [5.41, 5.74) is 7.71. The average molecular weight is 574 g/mol. The Labute approximate surface area is 256 Å². The normalized spacial score (nSPS) is 11.5. The maximum atomic E-state index is 10.1. The van der Waals surface area contributed by atoms with E-state index in [-0.39, 0.29) is 16.8 Å². The van der Waals surface area contributed by atoms with Gasteiger partial charge in [0.1, 0.15) is 23.3 Å². The highest BCUT2D eigenvalue weighted by atomic mass is 16.3. The highest BCUT2D eigenvalue weighted by molar-refractivity contribution is 6.29. The summed E-state index contributed by atoms with van der Waals surface area (Å²) in [6.45, 7) is 7.48. The molecule has 0 N–H and O–H groups in total. The van der Waals surface area contributed by atoms with Crippen molar-refractivity contribution in [3.63, 3.8) is 0 Å². The minimum atomic E-state index is 0.256. The van der Waals surface area contributed by atoms with E-state index in [2.05, 4.69) is 76.1 Å². The Morgan fingerprint density at radius 1 is 0.556 bits per heavy atom. The lowest BCUT2D eigenvalue weighted by atomic mass is 10.1. The third kappa shape index (κ3) is 3.24. The summed E-state index contributed by atoms with van der Waals surface area (Å²) < 4.78 is 11.2. The minimum absolute atomic E-state index is 0.256. The number of hydrogen-bond acceptors (Lipinski definition) is 3. The average Bonchev–Trinajstić information content (AvgIpc) is 3.75. The molecular formula is C39H19N5O. The molecule has 0 spiro atoms. The molecule has 45 heavy (non-hydrogen) atoms. The van der Waals surface area contributed by atoms with E-state index in [0.717, 1.165) is 71.2 Å². The molecule has 6 aromatic carbocycles. The van der Waals surface area contributed by atoms with Gasteiger partial charge >= 0.3 is 0 Å². The standard InChI is InChI=1S/C39H19N5O/c1-42-25-19-23(21-40)37(24(20-25)22-41)44-32-14-8-6-12-30(32)36-34(44)18-16-28-27-15-17-33-35(38(27)45-39(28)36)29-11-5-7-13-31(29)43(33)26-9-3-2-4-10-26/h2-20H. The first kappa shape index (κ1) is 24.8. The van der Waals surface area contributed by atoms with Crippen LogP contribution >= 0.6 is 0 Å². The monoisotopic (exact) mass is 573 g/mol. The predicted molar refractivity (Wildman–Crippen MR) is 178 cm³/mol. The predicted octanol–water partition coefficient (Wildman–Crippen LogP) is 10.1.